The number of hydrogen-bond acceptors (Lipinski definition) is 4. The fraction of sp³-hybridized carbons (Fsp3) is 0.400. The number of thiophene rings is 1. The second-order valence-electron chi connectivity index (χ2n) is 6.93. The summed E-state index contributed by atoms with van der Waals surface area (Å²) in [4.78, 5) is 29.1. The molecule has 0 spiro atoms. The van der Waals surface area contributed by atoms with Crippen LogP contribution in [0.1, 0.15) is 52.7 Å². The lowest BCUT2D eigenvalue weighted by atomic mass is 9.87. The Kier molecular flexibility index (Phi) is 3.91. The van der Waals surface area contributed by atoms with Crippen molar-refractivity contribution in [1.29, 1.82) is 0 Å². The fourth-order valence-electron chi connectivity index (χ4n) is 4.04. The predicted octanol–water partition coefficient (Wildman–Crippen LogP) is 3.76. The molecule has 4 rings (SSSR count). The van der Waals surface area contributed by atoms with Crippen molar-refractivity contribution in [3.63, 3.8) is 0 Å². The van der Waals surface area contributed by atoms with Crippen molar-refractivity contribution in [2.24, 2.45) is 0 Å². The Hall–Kier alpha value is -2.14. The molecule has 1 aromatic heterocycles. The lowest BCUT2D eigenvalue weighted by Gasteiger charge is -2.42. The van der Waals surface area contributed by atoms with Gasteiger partial charge in [-0.05, 0) is 48.4 Å². The number of carbonyl (C=O) groups excluding carboxylic acids is 2. The third-order valence-electron chi connectivity index (χ3n) is 5.28. The van der Waals surface area contributed by atoms with E-state index in [9.17, 15) is 9.59 Å². The molecule has 5 heteroatoms. The minimum Gasteiger partial charge on any atom is -0.445 e. The number of esters is 1. The minimum absolute atomic E-state index is 0.0650. The summed E-state index contributed by atoms with van der Waals surface area (Å²) in [6.45, 7) is 4.53. The average Bonchev–Trinajstić information content (AvgIpc) is 3.08. The number of cyclic esters (lactones) is 1. The van der Waals surface area contributed by atoms with Crippen molar-refractivity contribution < 1.29 is 14.3 Å². The molecule has 1 amide bonds. The van der Waals surface area contributed by atoms with Crippen LogP contribution in [0.2, 0.25) is 0 Å². The highest BCUT2D eigenvalue weighted by atomic mass is 32.1. The molecule has 2 atom stereocenters. The lowest BCUT2D eigenvalue weighted by molar-refractivity contribution is -0.154. The van der Waals surface area contributed by atoms with Crippen LogP contribution in [0.3, 0.4) is 0 Å². The van der Waals surface area contributed by atoms with Crippen LogP contribution >= 0.6 is 11.3 Å². The van der Waals surface area contributed by atoms with Gasteiger partial charge in [0.05, 0.1) is 11.6 Å². The molecule has 2 aliphatic heterocycles. The van der Waals surface area contributed by atoms with Crippen LogP contribution in [-0.2, 0) is 22.4 Å². The molecule has 2 unspecified atom stereocenters. The van der Waals surface area contributed by atoms with Gasteiger partial charge in [-0.3, -0.25) is 4.79 Å². The first kappa shape index (κ1) is 16.3. The van der Waals surface area contributed by atoms with Crippen molar-refractivity contribution >= 4 is 23.2 Å². The van der Waals surface area contributed by atoms with E-state index in [1.165, 1.54) is 10.4 Å². The number of amides is 1. The lowest BCUT2D eigenvalue weighted by Crippen LogP contribution is -2.55. The molecule has 0 saturated heterocycles. The van der Waals surface area contributed by atoms with E-state index in [1.807, 2.05) is 23.1 Å². The molecule has 0 aliphatic carbocycles. The van der Waals surface area contributed by atoms with Gasteiger partial charge in [0.2, 0.25) is 0 Å². The maximum atomic E-state index is 13.4. The Balaban J connectivity index is 1.66. The Bertz CT molecular complexity index is 843. The van der Waals surface area contributed by atoms with Crippen LogP contribution in [0.25, 0.3) is 0 Å². The first-order chi connectivity index (χ1) is 12.0. The SMILES string of the molecule is CCC1c2ccsc2CCN1C(=O)C1(C)Cc2ccccc2C(=O)O1. The van der Waals surface area contributed by atoms with Crippen LogP contribution < -0.4 is 0 Å². The third kappa shape index (κ3) is 2.58. The van der Waals surface area contributed by atoms with E-state index in [0.717, 1.165) is 18.4 Å². The normalized spacial score (nSPS) is 25.1. The first-order valence-corrected chi connectivity index (χ1v) is 9.60. The number of fused-ring (bicyclic) bond motifs is 2. The zero-order chi connectivity index (χ0) is 17.6. The van der Waals surface area contributed by atoms with E-state index in [2.05, 4.69) is 18.4 Å². The van der Waals surface area contributed by atoms with E-state index >= 15 is 0 Å². The molecule has 130 valence electrons. The van der Waals surface area contributed by atoms with Crippen molar-refractivity contribution in [1.82, 2.24) is 4.90 Å². The smallest absolute Gasteiger partial charge is 0.339 e. The van der Waals surface area contributed by atoms with Crippen molar-refractivity contribution in [3.8, 4) is 0 Å². The van der Waals surface area contributed by atoms with E-state index in [4.69, 9.17) is 4.74 Å². The molecule has 0 radical (unpaired) electrons. The Morgan fingerprint density at radius 3 is 2.96 bits per heavy atom. The summed E-state index contributed by atoms with van der Waals surface area (Å²) in [5, 5.41) is 2.10. The molecular formula is C20H21NO3S. The van der Waals surface area contributed by atoms with Gasteiger partial charge < -0.3 is 9.64 Å². The van der Waals surface area contributed by atoms with Crippen LogP contribution in [0, 0.1) is 0 Å². The predicted molar refractivity (Wildman–Crippen MR) is 96.7 cm³/mol. The summed E-state index contributed by atoms with van der Waals surface area (Å²) in [5.41, 5.74) is 1.57. The van der Waals surface area contributed by atoms with Crippen LogP contribution in [-0.4, -0.2) is 28.9 Å². The van der Waals surface area contributed by atoms with Gasteiger partial charge in [0.1, 0.15) is 0 Å². The zero-order valence-corrected chi connectivity index (χ0v) is 15.3. The van der Waals surface area contributed by atoms with Crippen molar-refractivity contribution in [2.45, 2.75) is 44.8 Å². The monoisotopic (exact) mass is 355 g/mol. The van der Waals surface area contributed by atoms with Crippen LogP contribution in [0.15, 0.2) is 35.7 Å². The standard InChI is InChI=1S/C20H21NO3S/c1-3-16-15-9-11-25-17(15)8-10-21(16)19(23)20(2)12-13-6-4-5-7-14(13)18(22)24-20/h4-7,9,11,16H,3,8,10,12H2,1-2H3. The number of rotatable bonds is 2. The Morgan fingerprint density at radius 1 is 1.36 bits per heavy atom. The minimum atomic E-state index is -1.13. The summed E-state index contributed by atoms with van der Waals surface area (Å²) in [7, 11) is 0. The third-order valence-corrected chi connectivity index (χ3v) is 6.27. The Morgan fingerprint density at radius 2 is 2.16 bits per heavy atom. The summed E-state index contributed by atoms with van der Waals surface area (Å²) < 4.78 is 5.65. The fourth-order valence-corrected chi connectivity index (χ4v) is 4.96. The number of carbonyl (C=O) groups is 2. The number of nitrogens with zero attached hydrogens (tertiary/aromatic N) is 1. The number of hydrogen-bond donors (Lipinski definition) is 0. The molecule has 0 N–H and O–H groups in total. The van der Waals surface area contributed by atoms with E-state index < -0.39 is 11.6 Å². The zero-order valence-electron chi connectivity index (χ0n) is 14.5. The van der Waals surface area contributed by atoms with Crippen molar-refractivity contribution in [3.05, 3.63) is 57.3 Å². The maximum absolute atomic E-state index is 13.4. The topological polar surface area (TPSA) is 46.6 Å². The van der Waals surface area contributed by atoms with Gasteiger partial charge in [-0.25, -0.2) is 4.79 Å². The molecule has 0 bridgehead atoms. The van der Waals surface area contributed by atoms with E-state index in [1.54, 1.807) is 24.3 Å². The summed E-state index contributed by atoms with van der Waals surface area (Å²) in [6.07, 6.45) is 2.16. The molecule has 25 heavy (non-hydrogen) atoms. The highest BCUT2D eigenvalue weighted by Crippen LogP contribution is 2.38. The van der Waals surface area contributed by atoms with Gasteiger partial charge in [-0.2, -0.15) is 0 Å². The summed E-state index contributed by atoms with van der Waals surface area (Å²) in [6, 6.07) is 9.57. The largest absolute Gasteiger partial charge is 0.445 e. The van der Waals surface area contributed by atoms with Gasteiger partial charge in [-0.15, -0.1) is 11.3 Å². The molecule has 1 aromatic carbocycles. The molecule has 0 fully saturated rings. The molecule has 3 heterocycles. The average molecular weight is 355 g/mol. The highest BCUT2D eigenvalue weighted by Gasteiger charge is 2.47. The van der Waals surface area contributed by atoms with E-state index in [-0.39, 0.29) is 11.9 Å². The molecule has 2 aromatic rings. The highest BCUT2D eigenvalue weighted by molar-refractivity contribution is 7.10. The molecule has 2 aliphatic rings. The number of benzene rings is 1. The van der Waals surface area contributed by atoms with Gasteiger partial charge in [0, 0.05) is 17.8 Å². The number of ether oxygens (including phenoxy) is 1. The maximum Gasteiger partial charge on any atom is 0.339 e. The molecular weight excluding hydrogens is 334 g/mol. The Labute approximate surface area is 151 Å². The van der Waals surface area contributed by atoms with Gasteiger partial charge in [0.25, 0.3) is 5.91 Å². The van der Waals surface area contributed by atoms with Gasteiger partial charge in [-0.1, -0.05) is 25.1 Å². The molecule has 0 saturated carbocycles. The van der Waals surface area contributed by atoms with E-state index in [0.29, 0.717) is 18.5 Å². The van der Waals surface area contributed by atoms with Crippen LogP contribution in [0.4, 0.5) is 0 Å². The second-order valence-corrected chi connectivity index (χ2v) is 7.93. The van der Waals surface area contributed by atoms with Gasteiger partial charge in [0.15, 0.2) is 5.60 Å². The first-order valence-electron chi connectivity index (χ1n) is 8.72. The van der Waals surface area contributed by atoms with Gasteiger partial charge >= 0.3 is 5.97 Å². The van der Waals surface area contributed by atoms with Crippen LogP contribution in [0.5, 0.6) is 0 Å². The second kappa shape index (κ2) is 5.99. The molecule has 4 nitrogen and oxygen atoms in total. The quantitative estimate of drug-likeness (QED) is 0.771. The van der Waals surface area contributed by atoms with Crippen molar-refractivity contribution in [2.75, 3.05) is 6.54 Å². The summed E-state index contributed by atoms with van der Waals surface area (Å²) in [5.74, 6) is -0.488. The summed E-state index contributed by atoms with van der Waals surface area (Å²) >= 11 is 1.76.